The van der Waals surface area contributed by atoms with E-state index in [1.807, 2.05) is 5.32 Å². The van der Waals surface area contributed by atoms with Gasteiger partial charge in [-0.1, -0.05) is 53.0 Å². The van der Waals surface area contributed by atoms with E-state index in [2.05, 4.69) is 0 Å². The minimum Gasteiger partial charge on any atom is -0.320 e. The Labute approximate surface area is 198 Å². The van der Waals surface area contributed by atoms with Gasteiger partial charge in [0.1, 0.15) is 0 Å². The van der Waals surface area contributed by atoms with E-state index in [1.54, 1.807) is 0 Å². The Morgan fingerprint density at radius 3 is 2.06 bits per heavy atom. The quantitative estimate of drug-likeness (QED) is 0.234. The second-order valence-electron chi connectivity index (χ2n) is 7.40. The number of alkyl halides is 7. The van der Waals surface area contributed by atoms with Crippen molar-refractivity contribution in [2.24, 2.45) is 0 Å². The maximum absolute atomic E-state index is 13.7. The third kappa shape index (κ3) is 6.13. The van der Waals surface area contributed by atoms with E-state index in [4.69, 9.17) is 34.8 Å². The van der Waals surface area contributed by atoms with Crippen LogP contribution in [0.2, 0.25) is 15.1 Å². The fraction of sp³-hybridized carbons (Fsp3) is 0.286. The average molecular weight is 535 g/mol. The first-order chi connectivity index (χ1) is 15.1. The van der Waals surface area contributed by atoms with E-state index in [9.17, 15) is 35.5 Å². The van der Waals surface area contributed by atoms with E-state index in [1.165, 1.54) is 0 Å². The highest BCUT2D eigenvalue weighted by atomic mass is 35.5. The van der Waals surface area contributed by atoms with Gasteiger partial charge < -0.3 is 5.32 Å². The van der Waals surface area contributed by atoms with Crippen LogP contribution in [-0.4, -0.2) is 17.9 Å². The van der Waals surface area contributed by atoms with Gasteiger partial charge in [0.2, 0.25) is 0 Å². The van der Waals surface area contributed by atoms with Gasteiger partial charge in [0.05, 0.1) is 32.1 Å². The maximum Gasteiger partial charge on any atom is 0.417 e. The predicted octanol–water partition coefficient (Wildman–Crippen LogP) is 8.21. The summed E-state index contributed by atoms with van der Waals surface area (Å²) in [5, 5.41) is 1.29. The molecule has 2 aromatic carbocycles. The molecule has 12 heteroatoms. The lowest BCUT2D eigenvalue weighted by Crippen LogP contribution is -2.34. The van der Waals surface area contributed by atoms with Crippen molar-refractivity contribution in [1.82, 2.24) is 5.32 Å². The number of carbonyl (C=O) groups excluding carboxylic acids is 1. The van der Waals surface area contributed by atoms with Crippen LogP contribution in [0.1, 0.15) is 45.8 Å². The van der Waals surface area contributed by atoms with Crippen LogP contribution in [0, 0.1) is 0 Å². The van der Waals surface area contributed by atoms with E-state index < -0.39 is 41.1 Å². The molecule has 2 nitrogen and oxygen atoms in total. The Hall–Kier alpha value is -1.97. The summed E-state index contributed by atoms with van der Waals surface area (Å²) in [5.74, 6) is -5.57. The van der Waals surface area contributed by atoms with E-state index in [0.29, 0.717) is 12.1 Å². The summed E-state index contributed by atoms with van der Waals surface area (Å²) in [5.41, 5.74) is -2.89. The molecule has 2 aromatic rings. The maximum atomic E-state index is 13.7. The molecule has 1 unspecified atom stereocenters. The molecule has 0 bridgehead atoms. The molecule has 0 aromatic heterocycles. The molecule has 1 atom stereocenters. The van der Waals surface area contributed by atoms with Gasteiger partial charge in [-0.25, -0.2) is 4.39 Å². The van der Waals surface area contributed by atoms with E-state index >= 15 is 0 Å². The molecule has 0 aliphatic heterocycles. The Kier molecular flexibility index (Phi) is 6.99. The molecule has 0 saturated heterocycles. The first-order valence-corrected chi connectivity index (χ1v) is 10.4. The highest BCUT2D eigenvalue weighted by Gasteiger charge is 2.46. The Balaban J connectivity index is 1.97. The molecule has 0 spiro atoms. The molecule has 3 rings (SSSR count). The summed E-state index contributed by atoms with van der Waals surface area (Å²) in [4.78, 5) is 12.1. The van der Waals surface area contributed by atoms with Gasteiger partial charge in [0.25, 0.3) is 5.91 Å². The van der Waals surface area contributed by atoms with Crippen LogP contribution in [0.15, 0.2) is 36.4 Å². The second-order valence-corrected chi connectivity index (χ2v) is 8.59. The molecule has 1 fully saturated rings. The summed E-state index contributed by atoms with van der Waals surface area (Å²) < 4.78 is 95.1. The molecule has 33 heavy (non-hydrogen) atoms. The molecule has 1 amide bonds. The molecule has 178 valence electrons. The molecule has 0 radical (unpaired) electrons. The largest absolute Gasteiger partial charge is 0.417 e. The number of amides is 1. The number of carbonyl (C=O) groups is 1. The van der Waals surface area contributed by atoms with E-state index in [-0.39, 0.29) is 39.0 Å². The molecular formula is C21H13Cl3F7NO. The molecular weight excluding hydrogens is 522 g/mol. The van der Waals surface area contributed by atoms with Gasteiger partial charge in [-0.05, 0) is 35.4 Å². The lowest BCUT2D eigenvalue weighted by Gasteiger charge is -2.19. The minimum absolute atomic E-state index is 0.0154. The number of nitrogens with one attached hydrogen (secondary N) is 1. The first-order valence-electron chi connectivity index (χ1n) is 9.23. The van der Waals surface area contributed by atoms with Gasteiger partial charge >= 0.3 is 12.4 Å². The summed E-state index contributed by atoms with van der Waals surface area (Å²) in [6.07, 6.45) is -8.42. The Morgan fingerprint density at radius 2 is 1.58 bits per heavy atom. The number of hydrogen-bond acceptors (Lipinski definition) is 1. The first kappa shape index (κ1) is 25.6. The number of halogens is 10. The third-order valence-electron chi connectivity index (χ3n) is 4.82. The minimum atomic E-state index is -5.01. The zero-order chi connectivity index (χ0) is 24.8. The zero-order valence-corrected chi connectivity index (χ0v) is 18.5. The molecule has 1 aliphatic rings. The van der Waals surface area contributed by atoms with Gasteiger partial charge in [-0.3, -0.25) is 4.79 Å². The standard InChI is InChI=1S/C21H13Cl3F7NO/c22-15-8-11(9-16(23)17(15)24)13(20(26,27)28)4-2-10-1-3-12(14(7-10)21(29,30)31)18(33)32-19(25)5-6-19/h1-4,7-9,13H,5-6H2,(H,32,33)/b4-2+. The van der Waals surface area contributed by atoms with Crippen LogP contribution in [0.5, 0.6) is 0 Å². The van der Waals surface area contributed by atoms with Crippen molar-refractivity contribution in [2.45, 2.75) is 36.9 Å². The van der Waals surface area contributed by atoms with Gasteiger partial charge in [-0.2, -0.15) is 26.3 Å². The second kappa shape index (κ2) is 9.00. The van der Waals surface area contributed by atoms with Crippen LogP contribution in [-0.2, 0) is 6.18 Å². The van der Waals surface area contributed by atoms with Crippen molar-refractivity contribution in [3.05, 3.63) is 73.7 Å². The van der Waals surface area contributed by atoms with Crippen molar-refractivity contribution in [3.63, 3.8) is 0 Å². The normalized spacial score (nSPS) is 16.7. The Morgan fingerprint density at radius 1 is 1.00 bits per heavy atom. The van der Waals surface area contributed by atoms with Crippen LogP contribution >= 0.6 is 34.8 Å². The summed E-state index contributed by atoms with van der Waals surface area (Å²) in [6.45, 7) is 0. The summed E-state index contributed by atoms with van der Waals surface area (Å²) >= 11 is 17.4. The van der Waals surface area contributed by atoms with Gasteiger partial charge in [-0.15, -0.1) is 0 Å². The van der Waals surface area contributed by atoms with Gasteiger partial charge in [0, 0.05) is 12.8 Å². The van der Waals surface area contributed by atoms with Crippen LogP contribution in [0.3, 0.4) is 0 Å². The summed E-state index contributed by atoms with van der Waals surface area (Å²) in [7, 11) is 0. The van der Waals surface area contributed by atoms with Crippen LogP contribution in [0.25, 0.3) is 6.08 Å². The predicted molar refractivity (Wildman–Crippen MR) is 111 cm³/mol. The third-order valence-corrected chi connectivity index (χ3v) is 6.02. The van der Waals surface area contributed by atoms with Crippen molar-refractivity contribution in [3.8, 4) is 0 Å². The van der Waals surface area contributed by atoms with Gasteiger partial charge in [0.15, 0.2) is 5.79 Å². The fourth-order valence-corrected chi connectivity index (χ4v) is 3.59. The highest BCUT2D eigenvalue weighted by molar-refractivity contribution is 6.48. The van der Waals surface area contributed by atoms with Crippen LogP contribution in [0.4, 0.5) is 30.7 Å². The molecule has 1 saturated carbocycles. The monoisotopic (exact) mass is 533 g/mol. The average Bonchev–Trinajstić information content (AvgIpc) is 3.40. The SMILES string of the molecule is O=C(NC1(F)CC1)c1ccc(/C=C/C(c2cc(Cl)c(Cl)c(Cl)c2)C(F)(F)F)cc1C(F)(F)F. The molecule has 1 N–H and O–H groups in total. The topological polar surface area (TPSA) is 29.1 Å². The lowest BCUT2D eigenvalue weighted by molar-refractivity contribution is -0.139. The van der Waals surface area contributed by atoms with Crippen LogP contribution < -0.4 is 5.32 Å². The highest BCUT2D eigenvalue weighted by Crippen LogP contribution is 2.42. The van der Waals surface area contributed by atoms with Crippen molar-refractivity contribution in [2.75, 3.05) is 0 Å². The zero-order valence-electron chi connectivity index (χ0n) is 16.2. The van der Waals surface area contributed by atoms with Crippen molar-refractivity contribution < 1.29 is 35.5 Å². The number of allylic oxidation sites excluding steroid dienone is 1. The lowest BCUT2D eigenvalue weighted by atomic mass is 9.96. The van der Waals surface area contributed by atoms with Crippen molar-refractivity contribution in [1.29, 1.82) is 0 Å². The number of hydrogen-bond donors (Lipinski definition) is 1. The smallest absolute Gasteiger partial charge is 0.320 e. The van der Waals surface area contributed by atoms with E-state index in [0.717, 1.165) is 30.3 Å². The summed E-state index contributed by atoms with van der Waals surface area (Å²) in [6, 6.07) is 4.23. The number of rotatable bonds is 5. The molecule has 0 heterocycles. The number of benzene rings is 2. The molecule has 1 aliphatic carbocycles. The Bertz CT molecular complexity index is 1090. The van der Waals surface area contributed by atoms with Crippen molar-refractivity contribution >= 4 is 46.8 Å². The fourth-order valence-electron chi connectivity index (χ4n) is 2.97.